The summed E-state index contributed by atoms with van der Waals surface area (Å²) in [4.78, 5) is 39.7. The molecule has 2 aromatic heterocycles. The molecule has 58 heavy (non-hydrogen) atoms. The zero-order valence-corrected chi connectivity index (χ0v) is 39.5. The molecule has 1 saturated heterocycles. The Kier molecular flexibility index (Phi) is 13.2. The molecule has 0 bridgehead atoms. The molecule has 0 unspecified atom stereocenters. The standard InChI is InChI=1S/C41H64N6O8SSi2/c1-26(2)40(5,6)57(11,12)53-24-32-31(55-58(13,14)41(7,8)27(3)4)23-34(54-32)47-25-42-35-36(47)43-38(44-37(35)48)45-39(49)52-21-22-56(50,51)33-20-16-17-28-29(33)18-15-19-30(28)46(9)10/h15-20,25-27,31-32,34H,21-24H2,1-14H3,(H2,43,44,45,48,49)/t31-,32+,34+/m0/s1. The molecular weight excluding hydrogens is 793 g/mol. The number of imidazole rings is 1. The average molecular weight is 857 g/mol. The van der Waals surface area contributed by atoms with Crippen molar-refractivity contribution in [3.63, 3.8) is 0 Å². The van der Waals surface area contributed by atoms with Gasteiger partial charge >= 0.3 is 6.09 Å². The second-order valence-electron chi connectivity index (χ2n) is 18.4. The van der Waals surface area contributed by atoms with Crippen LogP contribution in [0.2, 0.25) is 36.3 Å². The highest BCUT2D eigenvalue weighted by molar-refractivity contribution is 7.91. The molecular formula is C41H64N6O8SSi2. The monoisotopic (exact) mass is 856 g/mol. The molecule has 14 nitrogen and oxygen atoms in total. The molecule has 1 aliphatic rings. The van der Waals surface area contributed by atoms with Gasteiger partial charge in [0.05, 0.1) is 29.7 Å². The van der Waals surface area contributed by atoms with E-state index in [0.717, 1.165) is 11.1 Å². The van der Waals surface area contributed by atoms with Crippen molar-refractivity contribution in [1.29, 1.82) is 0 Å². The molecule has 2 aromatic carbocycles. The van der Waals surface area contributed by atoms with Gasteiger partial charge in [-0.15, -0.1) is 0 Å². The molecule has 2 N–H and O–H groups in total. The van der Waals surface area contributed by atoms with E-state index in [1.54, 1.807) is 22.8 Å². The Balaban J connectivity index is 1.33. The van der Waals surface area contributed by atoms with Gasteiger partial charge < -0.3 is 23.2 Å². The van der Waals surface area contributed by atoms with Crippen molar-refractivity contribution in [2.75, 3.05) is 43.3 Å². The van der Waals surface area contributed by atoms with Gasteiger partial charge in [0.25, 0.3) is 5.56 Å². The van der Waals surface area contributed by atoms with Crippen molar-refractivity contribution in [1.82, 2.24) is 19.5 Å². The van der Waals surface area contributed by atoms with Crippen molar-refractivity contribution in [2.24, 2.45) is 11.8 Å². The van der Waals surface area contributed by atoms with Crippen molar-refractivity contribution in [2.45, 2.75) is 121 Å². The quantitative estimate of drug-likeness (QED) is 0.104. The number of rotatable bonds is 16. The number of hydrogen-bond acceptors (Lipinski definition) is 11. The van der Waals surface area contributed by atoms with Crippen LogP contribution in [-0.2, 0) is 28.2 Å². The third kappa shape index (κ3) is 9.09. The molecule has 320 valence electrons. The highest BCUT2D eigenvalue weighted by Crippen LogP contribution is 2.48. The van der Waals surface area contributed by atoms with Gasteiger partial charge in [-0.3, -0.25) is 19.7 Å². The van der Waals surface area contributed by atoms with Crippen LogP contribution in [0.25, 0.3) is 21.9 Å². The van der Waals surface area contributed by atoms with Crippen molar-refractivity contribution < 1.29 is 31.5 Å². The minimum atomic E-state index is -3.84. The lowest BCUT2D eigenvalue weighted by molar-refractivity contribution is -0.0390. The molecule has 3 atom stereocenters. The summed E-state index contributed by atoms with van der Waals surface area (Å²) in [5.74, 6) is 0.200. The van der Waals surface area contributed by atoms with Gasteiger partial charge in [0.2, 0.25) is 5.95 Å². The number of carbonyl (C=O) groups excluding carboxylic acids is 1. The fourth-order valence-electron chi connectivity index (χ4n) is 7.15. The molecule has 1 fully saturated rings. The largest absolute Gasteiger partial charge is 0.448 e. The lowest BCUT2D eigenvalue weighted by Gasteiger charge is -2.45. The molecule has 0 radical (unpaired) electrons. The third-order valence-corrected chi connectivity index (χ3v) is 24.3. The number of ether oxygens (including phenoxy) is 2. The minimum Gasteiger partial charge on any atom is -0.448 e. The van der Waals surface area contributed by atoms with E-state index in [1.165, 1.54) is 6.33 Å². The maximum Gasteiger partial charge on any atom is 0.414 e. The Morgan fingerprint density at radius 1 is 1.00 bits per heavy atom. The number of anilines is 2. The van der Waals surface area contributed by atoms with E-state index in [2.05, 4.69) is 102 Å². The van der Waals surface area contributed by atoms with Crippen LogP contribution in [0.5, 0.6) is 0 Å². The highest BCUT2D eigenvalue weighted by Gasteiger charge is 2.50. The number of hydrogen-bond donors (Lipinski definition) is 2. The van der Waals surface area contributed by atoms with Gasteiger partial charge in [0, 0.05) is 37.0 Å². The summed E-state index contributed by atoms with van der Waals surface area (Å²) in [5.41, 5.74) is 0.585. The summed E-state index contributed by atoms with van der Waals surface area (Å²) in [5, 5.41) is 3.80. The smallest absolute Gasteiger partial charge is 0.414 e. The first-order chi connectivity index (χ1) is 26.8. The normalized spacial score (nSPS) is 18.4. The van der Waals surface area contributed by atoms with Crippen LogP contribution < -0.4 is 15.8 Å². The molecule has 3 heterocycles. The van der Waals surface area contributed by atoms with E-state index < -0.39 is 56.7 Å². The topological polar surface area (TPSA) is 167 Å². The number of benzene rings is 2. The molecule has 5 rings (SSSR count). The van der Waals surface area contributed by atoms with E-state index >= 15 is 0 Å². The van der Waals surface area contributed by atoms with Gasteiger partial charge in [0.15, 0.2) is 37.6 Å². The van der Waals surface area contributed by atoms with Crippen molar-refractivity contribution in [3.8, 4) is 0 Å². The lowest BCUT2D eigenvalue weighted by Crippen LogP contribution is -2.51. The molecule has 17 heteroatoms. The van der Waals surface area contributed by atoms with E-state index in [1.807, 2.05) is 37.2 Å². The lowest BCUT2D eigenvalue weighted by atomic mass is 9.99. The zero-order chi connectivity index (χ0) is 43.2. The predicted molar refractivity (Wildman–Crippen MR) is 236 cm³/mol. The van der Waals surface area contributed by atoms with E-state index in [0.29, 0.717) is 30.2 Å². The number of H-pyrrole nitrogens is 1. The Labute approximate surface area is 345 Å². The summed E-state index contributed by atoms with van der Waals surface area (Å²) in [6.45, 7) is 26.9. The highest BCUT2D eigenvalue weighted by atomic mass is 32.2. The van der Waals surface area contributed by atoms with Gasteiger partial charge in [-0.05, 0) is 60.2 Å². The second kappa shape index (κ2) is 16.8. The number of sulfone groups is 1. The molecule has 4 aromatic rings. The summed E-state index contributed by atoms with van der Waals surface area (Å²) in [6, 6.07) is 10.6. The predicted octanol–water partition coefficient (Wildman–Crippen LogP) is 8.33. The number of aromatic nitrogens is 4. The number of fused-ring (bicyclic) bond motifs is 2. The number of amides is 1. The zero-order valence-electron chi connectivity index (χ0n) is 36.7. The first-order valence-corrected chi connectivity index (χ1v) is 27.6. The molecule has 0 spiro atoms. The summed E-state index contributed by atoms with van der Waals surface area (Å²) in [7, 11) is -4.57. The fourth-order valence-corrected chi connectivity index (χ4v) is 13.5. The number of carbonyl (C=O) groups is 1. The first-order valence-electron chi connectivity index (χ1n) is 20.1. The summed E-state index contributed by atoms with van der Waals surface area (Å²) in [6.07, 6.45) is -0.247. The van der Waals surface area contributed by atoms with Crippen LogP contribution in [0.1, 0.15) is 68.0 Å². The van der Waals surface area contributed by atoms with Crippen LogP contribution in [-0.4, -0.2) is 95.9 Å². The number of nitrogens with zero attached hydrogens (tertiary/aromatic N) is 4. The van der Waals surface area contributed by atoms with Crippen LogP contribution >= 0.6 is 0 Å². The summed E-state index contributed by atoms with van der Waals surface area (Å²) >= 11 is 0. The Morgan fingerprint density at radius 2 is 1.62 bits per heavy atom. The number of aromatic amines is 1. The average Bonchev–Trinajstić information content (AvgIpc) is 3.73. The summed E-state index contributed by atoms with van der Waals surface area (Å²) < 4.78 is 54.5. The maximum absolute atomic E-state index is 13.4. The fraction of sp³-hybridized carbons (Fsp3) is 0.610. The molecule has 1 aliphatic heterocycles. The number of nitrogens with one attached hydrogen (secondary N) is 2. The SMILES string of the molecule is CC(C)C(C)(C)[Si](C)(C)OC[C@H]1O[C@@H](n2cnc3c(=O)[nH]c(NC(=O)OCCS(=O)(=O)c4cccc5c(N(C)C)cccc45)nc32)C[C@@H]1O[Si](C)(C)C(C)(C)C(C)C. The van der Waals surface area contributed by atoms with Gasteiger partial charge in [0.1, 0.15) is 18.9 Å². The second-order valence-corrected chi connectivity index (χ2v) is 29.7. The van der Waals surface area contributed by atoms with Crippen LogP contribution in [0.3, 0.4) is 0 Å². The van der Waals surface area contributed by atoms with Gasteiger partial charge in [-0.25, -0.2) is 18.2 Å². The van der Waals surface area contributed by atoms with E-state index in [-0.39, 0.29) is 44.3 Å². The van der Waals surface area contributed by atoms with Crippen LogP contribution in [0, 0.1) is 11.8 Å². The van der Waals surface area contributed by atoms with E-state index in [4.69, 9.17) is 18.3 Å². The van der Waals surface area contributed by atoms with Crippen molar-refractivity contribution in [3.05, 3.63) is 53.1 Å². The molecule has 0 aliphatic carbocycles. The Hall–Kier alpha value is -3.62. The molecule has 1 amide bonds. The van der Waals surface area contributed by atoms with Gasteiger partial charge in [-0.1, -0.05) is 79.7 Å². The maximum atomic E-state index is 13.4. The Bertz CT molecular complexity index is 2290. The van der Waals surface area contributed by atoms with Crippen molar-refractivity contribution >= 4 is 66.1 Å². The van der Waals surface area contributed by atoms with E-state index in [9.17, 15) is 18.0 Å². The van der Waals surface area contributed by atoms with Gasteiger partial charge in [-0.2, -0.15) is 4.98 Å². The third-order valence-electron chi connectivity index (χ3n) is 13.4. The minimum absolute atomic E-state index is 0.00639. The Morgan fingerprint density at radius 3 is 2.26 bits per heavy atom. The first kappa shape index (κ1) is 45.5. The van der Waals surface area contributed by atoms with Crippen LogP contribution in [0.15, 0.2) is 52.4 Å². The van der Waals surface area contributed by atoms with Crippen LogP contribution in [0.4, 0.5) is 16.4 Å². The molecule has 0 saturated carbocycles.